The summed E-state index contributed by atoms with van der Waals surface area (Å²) in [4.78, 5) is 6.93. The number of hydrogen-bond donors (Lipinski definition) is 0. The highest BCUT2D eigenvalue weighted by Crippen LogP contribution is 2.52. The van der Waals surface area contributed by atoms with Crippen molar-refractivity contribution in [2.24, 2.45) is 0 Å². The van der Waals surface area contributed by atoms with Gasteiger partial charge in [0, 0.05) is 22.9 Å². The predicted molar refractivity (Wildman–Crippen MR) is 147 cm³/mol. The second-order valence-electron chi connectivity index (χ2n) is 9.84. The number of hydrogen-bond acceptors (Lipinski definition) is 2. The van der Waals surface area contributed by atoms with Crippen molar-refractivity contribution in [1.29, 1.82) is 0 Å². The van der Waals surface area contributed by atoms with E-state index in [9.17, 15) is 0 Å². The molecule has 1 aromatic heterocycles. The Morgan fingerprint density at radius 3 is 1.97 bits per heavy atom. The molecule has 0 saturated heterocycles. The molecule has 4 aromatic carbocycles. The topological polar surface area (TPSA) is 16.1 Å². The number of fused-ring (bicyclic) bond motifs is 2. The highest BCUT2D eigenvalue weighted by Gasteiger charge is 2.37. The van der Waals surface area contributed by atoms with Gasteiger partial charge in [0.2, 0.25) is 0 Å². The Morgan fingerprint density at radius 1 is 0.600 bits per heavy atom. The van der Waals surface area contributed by atoms with Crippen LogP contribution in [-0.4, -0.2) is 4.98 Å². The van der Waals surface area contributed by atoms with Crippen LogP contribution in [0.15, 0.2) is 115 Å². The quantitative estimate of drug-likeness (QED) is 0.272. The molecule has 0 radical (unpaired) electrons. The fraction of sp³-hybridized carbons (Fsp3) is 0.121. The van der Waals surface area contributed by atoms with E-state index >= 15 is 0 Å². The molecule has 35 heavy (non-hydrogen) atoms. The van der Waals surface area contributed by atoms with Crippen LogP contribution in [0, 0.1) is 6.92 Å². The monoisotopic (exact) mass is 452 g/mol. The van der Waals surface area contributed by atoms with Crippen LogP contribution in [0.1, 0.15) is 30.5 Å². The minimum Gasteiger partial charge on any atom is -0.310 e. The van der Waals surface area contributed by atoms with Crippen molar-refractivity contribution in [2.75, 3.05) is 4.90 Å². The first-order chi connectivity index (χ1) is 17.0. The third-order valence-electron chi connectivity index (χ3n) is 7.17. The highest BCUT2D eigenvalue weighted by atomic mass is 15.2. The number of benzene rings is 4. The van der Waals surface area contributed by atoms with Gasteiger partial charge in [0.25, 0.3) is 0 Å². The number of pyridine rings is 1. The summed E-state index contributed by atoms with van der Waals surface area (Å²) in [6.07, 6.45) is 1.84. The first-order valence-electron chi connectivity index (χ1n) is 12.1. The lowest BCUT2D eigenvalue weighted by atomic mass is 9.72. The molecule has 2 heterocycles. The van der Waals surface area contributed by atoms with Gasteiger partial charge in [-0.15, -0.1) is 0 Å². The lowest BCUT2D eigenvalue weighted by molar-refractivity contribution is 0.631. The van der Waals surface area contributed by atoms with Gasteiger partial charge in [0.05, 0.1) is 17.1 Å². The van der Waals surface area contributed by atoms with E-state index in [1.807, 2.05) is 18.3 Å². The zero-order valence-electron chi connectivity index (χ0n) is 20.4. The van der Waals surface area contributed by atoms with E-state index in [-0.39, 0.29) is 5.41 Å². The summed E-state index contributed by atoms with van der Waals surface area (Å²) in [5.74, 6) is 0. The number of aryl methyl sites for hydroxylation is 1. The molecule has 0 N–H and O–H groups in total. The summed E-state index contributed by atoms with van der Waals surface area (Å²) < 4.78 is 0. The van der Waals surface area contributed by atoms with Gasteiger partial charge in [0.15, 0.2) is 0 Å². The molecule has 1 aliphatic heterocycles. The highest BCUT2D eigenvalue weighted by molar-refractivity contribution is 5.88. The molecular formula is C33H28N2. The molecular weight excluding hydrogens is 424 g/mol. The lowest BCUT2D eigenvalue weighted by Gasteiger charge is -2.42. The summed E-state index contributed by atoms with van der Waals surface area (Å²) in [5.41, 5.74) is 12.1. The number of rotatable bonds is 3. The van der Waals surface area contributed by atoms with Crippen LogP contribution < -0.4 is 4.90 Å². The summed E-state index contributed by atoms with van der Waals surface area (Å²) in [6.45, 7) is 6.87. The number of nitrogens with zero attached hydrogens (tertiary/aromatic N) is 2. The van der Waals surface area contributed by atoms with Crippen molar-refractivity contribution in [3.8, 4) is 22.4 Å². The van der Waals surface area contributed by atoms with E-state index in [4.69, 9.17) is 0 Å². The van der Waals surface area contributed by atoms with Gasteiger partial charge in [-0.3, -0.25) is 4.98 Å². The van der Waals surface area contributed by atoms with E-state index in [1.54, 1.807) is 0 Å². The molecule has 1 aliphatic rings. The van der Waals surface area contributed by atoms with Crippen molar-refractivity contribution in [3.05, 3.63) is 132 Å². The van der Waals surface area contributed by atoms with Crippen LogP contribution in [0.5, 0.6) is 0 Å². The summed E-state index contributed by atoms with van der Waals surface area (Å²) in [7, 11) is 0. The lowest BCUT2D eigenvalue weighted by Crippen LogP contribution is -2.30. The zero-order chi connectivity index (χ0) is 24.0. The van der Waals surface area contributed by atoms with Crippen LogP contribution >= 0.6 is 0 Å². The summed E-state index contributed by atoms with van der Waals surface area (Å²) in [6, 6.07) is 39.2. The van der Waals surface area contributed by atoms with E-state index in [1.165, 1.54) is 39.2 Å². The Kier molecular flexibility index (Phi) is 5.04. The molecule has 0 aliphatic carbocycles. The Hall–Kier alpha value is -4.17. The van der Waals surface area contributed by atoms with Crippen LogP contribution in [-0.2, 0) is 5.41 Å². The van der Waals surface area contributed by atoms with Gasteiger partial charge < -0.3 is 4.90 Å². The molecule has 0 amide bonds. The number of anilines is 3. The van der Waals surface area contributed by atoms with E-state index in [0.29, 0.717) is 0 Å². The van der Waals surface area contributed by atoms with E-state index in [2.05, 4.69) is 128 Å². The smallest absolute Gasteiger partial charge is 0.0701 e. The molecule has 0 spiro atoms. The standard InChI is InChI=1S/C33H28N2/c1-23-12-18-31-28(21-23)33(2,3)29-22-26(24-9-5-4-6-10-24)15-19-32(29)35(31)27-16-13-25(14-17-27)30-11-7-8-20-34-30/h4-22H,1-3H3. The van der Waals surface area contributed by atoms with Gasteiger partial charge >= 0.3 is 0 Å². The van der Waals surface area contributed by atoms with Crippen molar-refractivity contribution in [3.63, 3.8) is 0 Å². The van der Waals surface area contributed by atoms with Crippen LogP contribution in [0.25, 0.3) is 22.4 Å². The molecule has 0 saturated carbocycles. The second kappa shape index (κ2) is 8.25. The molecule has 0 unspecified atom stereocenters. The molecule has 0 bridgehead atoms. The van der Waals surface area contributed by atoms with Gasteiger partial charge in [-0.25, -0.2) is 0 Å². The Bertz CT molecular complexity index is 1500. The summed E-state index contributed by atoms with van der Waals surface area (Å²) >= 11 is 0. The second-order valence-corrected chi connectivity index (χ2v) is 9.84. The maximum Gasteiger partial charge on any atom is 0.0701 e. The Labute approximate surface area is 207 Å². The maximum atomic E-state index is 4.52. The normalized spacial score (nSPS) is 13.7. The summed E-state index contributed by atoms with van der Waals surface area (Å²) in [5, 5.41) is 0. The van der Waals surface area contributed by atoms with Crippen molar-refractivity contribution >= 4 is 17.1 Å². The van der Waals surface area contributed by atoms with Gasteiger partial charge in [-0.1, -0.05) is 86.1 Å². The van der Waals surface area contributed by atoms with Crippen molar-refractivity contribution in [1.82, 2.24) is 4.98 Å². The fourth-order valence-electron chi connectivity index (χ4n) is 5.26. The van der Waals surface area contributed by atoms with Crippen molar-refractivity contribution < 1.29 is 0 Å². The minimum absolute atomic E-state index is 0.119. The molecule has 170 valence electrons. The molecule has 6 rings (SSSR count). The first kappa shape index (κ1) is 21.4. The number of aromatic nitrogens is 1. The molecule has 0 atom stereocenters. The average molecular weight is 453 g/mol. The fourth-order valence-corrected chi connectivity index (χ4v) is 5.26. The van der Waals surface area contributed by atoms with Crippen LogP contribution in [0.3, 0.4) is 0 Å². The van der Waals surface area contributed by atoms with E-state index < -0.39 is 0 Å². The Balaban J connectivity index is 1.53. The van der Waals surface area contributed by atoms with Crippen molar-refractivity contribution in [2.45, 2.75) is 26.2 Å². The minimum atomic E-state index is -0.119. The molecule has 2 heteroatoms. The molecule has 0 fully saturated rings. The third kappa shape index (κ3) is 3.63. The SMILES string of the molecule is Cc1ccc2c(c1)C(C)(C)c1cc(-c3ccccc3)ccc1N2c1ccc(-c2ccccn2)cc1. The molecule has 2 nitrogen and oxygen atoms in total. The molecule has 5 aromatic rings. The maximum absolute atomic E-state index is 4.52. The third-order valence-corrected chi connectivity index (χ3v) is 7.17. The average Bonchev–Trinajstić information content (AvgIpc) is 2.90. The van der Waals surface area contributed by atoms with E-state index in [0.717, 1.165) is 16.9 Å². The predicted octanol–water partition coefficient (Wildman–Crippen LogP) is 8.83. The first-order valence-corrected chi connectivity index (χ1v) is 12.1. The van der Waals surface area contributed by atoms with Gasteiger partial charge in [-0.2, -0.15) is 0 Å². The Morgan fingerprint density at radius 2 is 1.26 bits per heavy atom. The van der Waals surface area contributed by atoms with Gasteiger partial charge in [0.1, 0.15) is 0 Å². The van der Waals surface area contributed by atoms with Crippen LogP contribution in [0.2, 0.25) is 0 Å². The largest absolute Gasteiger partial charge is 0.310 e. The zero-order valence-corrected chi connectivity index (χ0v) is 20.4. The van der Waals surface area contributed by atoms with Crippen LogP contribution in [0.4, 0.5) is 17.1 Å². The van der Waals surface area contributed by atoms with Gasteiger partial charge in [-0.05, 0) is 71.6 Å².